The van der Waals surface area contributed by atoms with Crippen molar-refractivity contribution in [2.45, 2.75) is 19.0 Å². The van der Waals surface area contributed by atoms with E-state index >= 15 is 0 Å². The molecule has 158 valence electrons. The molecule has 0 spiro atoms. The molecule has 1 N–H and O–H groups in total. The van der Waals surface area contributed by atoms with Crippen LogP contribution in [-0.2, 0) is 13.0 Å². The van der Waals surface area contributed by atoms with Crippen LogP contribution in [0.25, 0.3) is 0 Å². The second-order valence-corrected chi connectivity index (χ2v) is 8.35. The quantitative estimate of drug-likeness (QED) is 0.608. The van der Waals surface area contributed by atoms with Gasteiger partial charge in [-0.15, -0.1) is 0 Å². The van der Waals surface area contributed by atoms with Gasteiger partial charge in [-0.2, -0.15) is 5.26 Å². The Morgan fingerprint density at radius 2 is 1.74 bits per heavy atom. The molecule has 5 heteroatoms. The lowest BCUT2D eigenvalue weighted by molar-refractivity contribution is 0.215. The molecule has 3 aromatic rings. The van der Waals surface area contributed by atoms with Crippen LogP contribution in [0.1, 0.15) is 28.3 Å². The fourth-order valence-electron chi connectivity index (χ4n) is 4.29. The Hall–Kier alpha value is -2.84. The van der Waals surface area contributed by atoms with Crippen LogP contribution < -0.4 is 4.90 Å². The number of halogens is 1. The van der Waals surface area contributed by atoms with E-state index in [2.05, 4.69) is 52.3 Å². The SMILES string of the molecule is N#Cc1cc(CCO)ccc1N1CCN(Cc2ccccc2)CC1c1ccc(Cl)cc1. The first-order valence-corrected chi connectivity index (χ1v) is 11.0. The summed E-state index contributed by atoms with van der Waals surface area (Å²) in [5.74, 6) is 0. The average Bonchev–Trinajstić information content (AvgIpc) is 2.80. The predicted molar refractivity (Wildman–Crippen MR) is 125 cm³/mol. The first-order chi connectivity index (χ1) is 15.2. The van der Waals surface area contributed by atoms with Gasteiger partial charge in [0.15, 0.2) is 0 Å². The first kappa shape index (κ1) is 21.4. The van der Waals surface area contributed by atoms with Crippen LogP contribution >= 0.6 is 11.6 Å². The largest absolute Gasteiger partial charge is 0.396 e. The Kier molecular flexibility index (Phi) is 6.89. The third-order valence-electron chi connectivity index (χ3n) is 5.86. The van der Waals surface area contributed by atoms with Crippen molar-refractivity contribution in [2.75, 3.05) is 31.1 Å². The third kappa shape index (κ3) is 5.08. The van der Waals surface area contributed by atoms with E-state index in [0.29, 0.717) is 12.0 Å². The summed E-state index contributed by atoms with van der Waals surface area (Å²) in [6.07, 6.45) is 0.556. The monoisotopic (exact) mass is 431 g/mol. The van der Waals surface area contributed by atoms with Crippen molar-refractivity contribution in [2.24, 2.45) is 0 Å². The Bertz CT molecular complexity index is 1050. The molecule has 0 aromatic heterocycles. The second kappa shape index (κ2) is 9.98. The highest BCUT2D eigenvalue weighted by atomic mass is 35.5. The molecular formula is C26H26ClN3O. The maximum Gasteiger partial charge on any atom is 0.101 e. The van der Waals surface area contributed by atoms with Gasteiger partial charge in [-0.3, -0.25) is 4.90 Å². The summed E-state index contributed by atoms with van der Waals surface area (Å²) in [4.78, 5) is 4.81. The minimum atomic E-state index is 0.0791. The lowest BCUT2D eigenvalue weighted by Gasteiger charge is -2.43. The van der Waals surface area contributed by atoms with Gasteiger partial charge < -0.3 is 10.0 Å². The number of benzene rings is 3. The van der Waals surface area contributed by atoms with E-state index in [0.717, 1.165) is 42.5 Å². The molecule has 1 fully saturated rings. The summed E-state index contributed by atoms with van der Waals surface area (Å²) >= 11 is 6.15. The Morgan fingerprint density at radius 1 is 0.968 bits per heavy atom. The van der Waals surface area contributed by atoms with Gasteiger partial charge >= 0.3 is 0 Å². The van der Waals surface area contributed by atoms with Gasteiger partial charge in [0.1, 0.15) is 6.07 Å². The van der Waals surface area contributed by atoms with Crippen molar-refractivity contribution in [1.29, 1.82) is 5.26 Å². The fraction of sp³-hybridized carbons (Fsp3) is 0.269. The maximum atomic E-state index is 9.81. The van der Waals surface area contributed by atoms with Crippen molar-refractivity contribution >= 4 is 17.3 Å². The van der Waals surface area contributed by atoms with Crippen molar-refractivity contribution in [3.8, 4) is 6.07 Å². The smallest absolute Gasteiger partial charge is 0.101 e. The number of hydrogen-bond acceptors (Lipinski definition) is 4. The van der Waals surface area contributed by atoms with Gasteiger partial charge in [-0.25, -0.2) is 0 Å². The molecule has 1 aliphatic heterocycles. The topological polar surface area (TPSA) is 50.5 Å². The molecule has 0 saturated carbocycles. The fourth-order valence-corrected chi connectivity index (χ4v) is 4.42. The highest BCUT2D eigenvalue weighted by Gasteiger charge is 2.30. The van der Waals surface area contributed by atoms with E-state index in [9.17, 15) is 10.4 Å². The number of aliphatic hydroxyl groups is 1. The lowest BCUT2D eigenvalue weighted by atomic mass is 9.98. The molecule has 4 nitrogen and oxygen atoms in total. The zero-order chi connectivity index (χ0) is 21.6. The highest BCUT2D eigenvalue weighted by molar-refractivity contribution is 6.30. The van der Waals surface area contributed by atoms with Crippen LogP contribution in [0.5, 0.6) is 0 Å². The molecule has 0 aliphatic carbocycles. The summed E-state index contributed by atoms with van der Waals surface area (Å²) in [7, 11) is 0. The van der Waals surface area contributed by atoms with Gasteiger partial charge in [0.2, 0.25) is 0 Å². The van der Waals surface area contributed by atoms with Crippen LogP contribution in [0, 0.1) is 11.3 Å². The Morgan fingerprint density at radius 3 is 2.45 bits per heavy atom. The van der Waals surface area contributed by atoms with Gasteiger partial charge in [0.25, 0.3) is 0 Å². The van der Waals surface area contributed by atoms with Crippen molar-refractivity contribution in [1.82, 2.24) is 4.90 Å². The summed E-state index contributed by atoms with van der Waals surface area (Å²) in [6.45, 7) is 3.59. The number of rotatable bonds is 6. The van der Waals surface area contributed by atoms with Gasteiger partial charge in [0, 0.05) is 37.8 Å². The zero-order valence-corrected chi connectivity index (χ0v) is 18.2. The van der Waals surface area contributed by atoms with E-state index in [1.54, 1.807) is 0 Å². The molecule has 0 amide bonds. The molecule has 4 rings (SSSR count). The van der Waals surface area contributed by atoms with Crippen molar-refractivity contribution in [3.05, 3.63) is 100 Å². The van der Waals surface area contributed by atoms with Crippen LogP contribution in [0.3, 0.4) is 0 Å². The lowest BCUT2D eigenvalue weighted by Crippen LogP contribution is -2.48. The van der Waals surface area contributed by atoms with Crippen molar-refractivity contribution < 1.29 is 5.11 Å². The van der Waals surface area contributed by atoms with E-state index < -0.39 is 0 Å². The van der Waals surface area contributed by atoms with Crippen molar-refractivity contribution in [3.63, 3.8) is 0 Å². The third-order valence-corrected chi connectivity index (χ3v) is 6.11. The molecule has 0 bridgehead atoms. The predicted octanol–water partition coefficient (Wildman–Crippen LogP) is 4.81. The molecule has 1 unspecified atom stereocenters. The molecule has 1 heterocycles. The van der Waals surface area contributed by atoms with E-state index in [-0.39, 0.29) is 12.6 Å². The summed E-state index contributed by atoms with van der Waals surface area (Å²) in [5.41, 5.74) is 5.07. The van der Waals surface area contributed by atoms with Gasteiger partial charge in [-0.05, 0) is 47.4 Å². The Labute approximate surface area is 188 Å². The van der Waals surface area contributed by atoms with Crippen LogP contribution in [0.4, 0.5) is 5.69 Å². The number of nitriles is 1. The minimum Gasteiger partial charge on any atom is -0.396 e. The highest BCUT2D eigenvalue weighted by Crippen LogP contribution is 2.34. The van der Waals surface area contributed by atoms with E-state index in [4.69, 9.17) is 11.6 Å². The molecule has 1 atom stereocenters. The summed E-state index contributed by atoms with van der Waals surface area (Å²) < 4.78 is 0. The Balaban J connectivity index is 1.65. The number of piperazine rings is 1. The van der Waals surface area contributed by atoms with Crippen LogP contribution in [0.15, 0.2) is 72.8 Å². The maximum absolute atomic E-state index is 9.81. The number of aliphatic hydroxyl groups excluding tert-OH is 1. The zero-order valence-electron chi connectivity index (χ0n) is 17.4. The molecule has 1 aliphatic rings. The molecule has 0 radical (unpaired) electrons. The van der Waals surface area contributed by atoms with E-state index in [1.165, 1.54) is 11.1 Å². The van der Waals surface area contributed by atoms with Crippen LogP contribution in [-0.4, -0.2) is 36.2 Å². The minimum absolute atomic E-state index is 0.0791. The second-order valence-electron chi connectivity index (χ2n) is 7.92. The summed E-state index contributed by atoms with van der Waals surface area (Å²) in [6, 6.07) is 27.0. The normalized spacial score (nSPS) is 16.8. The first-order valence-electron chi connectivity index (χ1n) is 10.6. The molecule has 1 saturated heterocycles. The molecule has 31 heavy (non-hydrogen) atoms. The van der Waals surface area contributed by atoms with Crippen LogP contribution in [0.2, 0.25) is 5.02 Å². The standard InChI is InChI=1S/C26H26ClN3O/c27-24-9-7-22(8-10-24)26-19-29(18-21-4-2-1-3-5-21)13-14-30(26)25-11-6-20(12-15-31)16-23(25)17-28/h1-11,16,26,31H,12-15,18-19H2. The summed E-state index contributed by atoms with van der Waals surface area (Å²) in [5, 5.41) is 19.8. The molecular weight excluding hydrogens is 406 g/mol. The number of nitrogens with zero attached hydrogens (tertiary/aromatic N) is 3. The van der Waals surface area contributed by atoms with Gasteiger partial charge in [0.05, 0.1) is 17.3 Å². The number of hydrogen-bond donors (Lipinski definition) is 1. The molecule has 3 aromatic carbocycles. The number of anilines is 1. The average molecular weight is 432 g/mol. The van der Waals surface area contributed by atoms with E-state index in [1.807, 2.05) is 36.4 Å². The van der Waals surface area contributed by atoms with Gasteiger partial charge in [-0.1, -0.05) is 60.1 Å².